The van der Waals surface area contributed by atoms with Gasteiger partial charge in [-0.25, -0.2) is 8.42 Å². The summed E-state index contributed by atoms with van der Waals surface area (Å²) in [6, 6.07) is 2.42. The summed E-state index contributed by atoms with van der Waals surface area (Å²) in [5.41, 5.74) is -3.49. The van der Waals surface area contributed by atoms with E-state index < -0.39 is 51.4 Å². The van der Waals surface area contributed by atoms with Crippen LogP contribution in [0.25, 0.3) is 0 Å². The van der Waals surface area contributed by atoms with Crippen molar-refractivity contribution < 1.29 is 34.8 Å². The van der Waals surface area contributed by atoms with Gasteiger partial charge < -0.3 is 0 Å². The number of halogens is 6. The Labute approximate surface area is 169 Å². The van der Waals surface area contributed by atoms with Crippen LogP contribution in [-0.2, 0) is 28.9 Å². The van der Waals surface area contributed by atoms with Gasteiger partial charge in [0.25, 0.3) is 0 Å². The van der Waals surface area contributed by atoms with Gasteiger partial charge in [-0.2, -0.15) is 35.9 Å². The molecule has 1 aromatic carbocycles. The molecular weight excluding hydrogens is 442 g/mol. The lowest BCUT2D eigenvalue weighted by Gasteiger charge is -2.22. The van der Waals surface area contributed by atoms with Gasteiger partial charge in [0.1, 0.15) is 0 Å². The van der Waals surface area contributed by atoms with E-state index in [4.69, 9.17) is 5.26 Å². The third-order valence-corrected chi connectivity index (χ3v) is 6.55. The van der Waals surface area contributed by atoms with Crippen molar-refractivity contribution in [2.24, 2.45) is 0 Å². The van der Waals surface area contributed by atoms with E-state index in [0.29, 0.717) is 17.9 Å². The second kappa shape index (κ2) is 10.5. The molecule has 0 aliphatic heterocycles. The molecule has 164 valence electrons. The normalized spacial score (nSPS) is 12.9. The summed E-state index contributed by atoms with van der Waals surface area (Å²) in [5, 5.41) is 8.70. The quantitative estimate of drug-likeness (QED) is 0.270. The Morgan fingerprint density at radius 3 is 2.03 bits per heavy atom. The van der Waals surface area contributed by atoms with Gasteiger partial charge in [-0.15, -0.1) is 11.8 Å². The molecule has 0 fully saturated rings. The molecule has 4 nitrogen and oxygen atoms in total. The van der Waals surface area contributed by atoms with Gasteiger partial charge in [-0.3, -0.25) is 0 Å². The van der Waals surface area contributed by atoms with Crippen molar-refractivity contribution >= 4 is 21.8 Å². The number of unbranched alkanes of at least 4 members (excludes halogenated alkanes) is 2. The summed E-state index contributed by atoms with van der Waals surface area (Å²) >= 11 is 1.19. The first kappa shape index (κ1) is 25.6. The average molecular weight is 462 g/mol. The van der Waals surface area contributed by atoms with Crippen LogP contribution in [-0.4, -0.2) is 30.1 Å². The zero-order chi connectivity index (χ0) is 22.3. The van der Waals surface area contributed by atoms with Crippen molar-refractivity contribution in [3.8, 4) is 6.07 Å². The first-order valence-corrected chi connectivity index (χ1v) is 11.3. The minimum Gasteiger partial charge on any atom is -0.211 e. The highest BCUT2D eigenvalue weighted by atomic mass is 32.2. The van der Waals surface area contributed by atoms with Gasteiger partial charge in [-0.05, 0) is 35.9 Å². The molecule has 12 heteroatoms. The Morgan fingerprint density at radius 2 is 1.59 bits per heavy atom. The van der Waals surface area contributed by atoms with Crippen LogP contribution in [0.2, 0.25) is 0 Å². The zero-order valence-electron chi connectivity index (χ0n) is 15.5. The lowest BCUT2D eigenvalue weighted by atomic mass is 10.0. The highest BCUT2D eigenvalue weighted by Crippen LogP contribution is 2.36. The van der Waals surface area contributed by atoms with Gasteiger partial charge in [0.05, 0.1) is 23.1 Å². The Morgan fingerprint density at radius 1 is 1.03 bits per heavy atom. The van der Waals surface area contributed by atoms with Gasteiger partial charge >= 0.3 is 12.4 Å². The molecule has 0 aliphatic carbocycles. The summed E-state index contributed by atoms with van der Waals surface area (Å²) in [6.07, 6.45) is -7.43. The number of rotatable bonds is 10. The molecule has 0 bridgehead atoms. The molecule has 0 N–H and O–H groups in total. The molecule has 0 atom stereocenters. The summed E-state index contributed by atoms with van der Waals surface area (Å²) in [5.74, 6) is -0.526. The summed E-state index contributed by atoms with van der Waals surface area (Å²) in [6.45, 7) is 1.28. The number of alkyl halides is 6. The van der Waals surface area contributed by atoms with E-state index in [1.807, 2.05) is 6.92 Å². The van der Waals surface area contributed by atoms with Gasteiger partial charge in [0, 0.05) is 6.54 Å². The molecule has 1 rings (SSSR count). The van der Waals surface area contributed by atoms with Crippen LogP contribution in [0.3, 0.4) is 0 Å². The lowest BCUT2D eigenvalue weighted by Crippen LogP contribution is -2.32. The van der Waals surface area contributed by atoms with E-state index in [2.05, 4.69) is 0 Å². The molecule has 0 amide bonds. The summed E-state index contributed by atoms with van der Waals surface area (Å²) in [4.78, 5) is 0. The smallest absolute Gasteiger partial charge is 0.211 e. The maximum atomic E-state index is 13.0. The maximum Gasteiger partial charge on any atom is 0.416 e. The van der Waals surface area contributed by atoms with E-state index in [1.54, 1.807) is 0 Å². The minimum atomic E-state index is -5.03. The number of thioether (sulfide) groups is 1. The molecule has 0 radical (unpaired) electrons. The summed E-state index contributed by atoms with van der Waals surface area (Å²) < 4.78 is 103. The predicted molar refractivity (Wildman–Crippen MR) is 98.2 cm³/mol. The average Bonchev–Trinajstić information content (AvgIpc) is 2.58. The highest BCUT2D eigenvalue weighted by molar-refractivity contribution is 8.00. The van der Waals surface area contributed by atoms with E-state index in [9.17, 15) is 34.8 Å². The van der Waals surface area contributed by atoms with Crippen LogP contribution in [0, 0.1) is 11.3 Å². The fourth-order valence-electron chi connectivity index (χ4n) is 2.33. The predicted octanol–water partition coefficient (Wildman–Crippen LogP) is 5.26. The molecule has 0 aromatic heterocycles. The number of hydrogen-bond donors (Lipinski definition) is 0. The minimum absolute atomic E-state index is 0.0167. The Hall–Kier alpha value is -1.45. The van der Waals surface area contributed by atoms with Crippen LogP contribution in [0.4, 0.5) is 26.3 Å². The van der Waals surface area contributed by atoms with Crippen molar-refractivity contribution in [3.05, 3.63) is 34.9 Å². The molecule has 0 aliphatic rings. The molecule has 0 saturated heterocycles. The first-order chi connectivity index (χ1) is 13.3. The Balaban J connectivity index is 3.21. The highest BCUT2D eigenvalue weighted by Gasteiger charge is 2.37. The monoisotopic (exact) mass is 462 g/mol. The Bertz CT molecular complexity index is 784. The standard InChI is InChI=1S/C17H20F6N2O2S2/c1-2-3-4-6-28-12-25(29(26,27)7-5-24)11-13-8-14(16(18,19)20)10-15(9-13)17(21,22)23/h8-10H,2-4,6-7,11-12H2,1H3. The fraction of sp³-hybridized carbons (Fsp3) is 0.588. The van der Waals surface area contributed by atoms with Gasteiger partial charge in [0.15, 0.2) is 5.75 Å². The van der Waals surface area contributed by atoms with Crippen LogP contribution in [0.1, 0.15) is 42.9 Å². The molecule has 0 spiro atoms. The molecule has 1 aromatic rings. The number of nitrogens with zero attached hydrogens (tertiary/aromatic N) is 2. The fourth-order valence-corrected chi connectivity index (χ4v) is 4.72. The number of benzene rings is 1. The second-order valence-electron chi connectivity index (χ2n) is 6.18. The Kier molecular flexibility index (Phi) is 9.30. The van der Waals surface area contributed by atoms with E-state index in [1.165, 1.54) is 17.8 Å². The number of nitriles is 1. The molecule has 0 saturated carbocycles. The van der Waals surface area contributed by atoms with Crippen molar-refractivity contribution in [1.82, 2.24) is 4.31 Å². The SMILES string of the molecule is CCCCCSCN(Cc1cc(C(F)(F)F)cc(C(F)(F)F)c1)S(=O)(=O)CC#N. The second-order valence-corrected chi connectivity index (χ2v) is 9.23. The number of sulfonamides is 1. The van der Waals surface area contributed by atoms with Crippen LogP contribution in [0.5, 0.6) is 0 Å². The van der Waals surface area contributed by atoms with Gasteiger partial charge in [0.2, 0.25) is 10.0 Å². The molecule has 0 heterocycles. The number of hydrogen-bond acceptors (Lipinski definition) is 4. The van der Waals surface area contributed by atoms with Crippen molar-refractivity contribution in [3.63, 3.8) is 0 Å². The molecule has 29 heavy (non-hydrogen) atoms. The van der Waals surface area contributed by atoms with Crippen LogP contribution in [0.15, 0.2) is 18.2 Å². The topological polar surface area (TPSA) is 61.2 Å². The molecular formula is C17H20F6N2O2S2. The summed E-state index contributed by atoms with van der Waals surface area (Å²) in [7, 11) is -4.17. The maximum absolute atomic E-state index is 13.0. The zero-order valence-corrected chi connectivity index (χ0v) is 17.1. The van der Waals surface area contributed by atoms with E-state index >= 15 is 0 Å². The third-order valence-electron chi connectivity index (χ3n) is 3.77. The van der Waals surface area contributed by atoms with Gasteiger partial charge in [-0.1, -0.05) is 19.8 Å². The van der Waals surface area contributed by atoms with Crippen molar-refractivity contribution in [2.45, 2.75) is 45.1 Å². The van der Waals surface area contributed by atoms with E-state index in [-0.39, 0.29) is 11.9 Å². The lowest BCUT2D eigenvalue weighted by molar-refractivity contribution is -0.143. The van der Waals surface area contributed by atoms with Crippen LogP contribution >= 0.6 is 11.8 Å². The van der Waals surface area contributed by atoms with Crippen molar-refractivity contribution in [1.29, 1.82) is 5.26 Å². The van der Waals surface area contributed by atoms with Crippen molar-refractivity contribution in [2.75, 3.05) is 17.4 Å². The van der Waals surface area contributed by atoms with E-state index in [0.717, 1.165) is 23.6 Å². The largest absolute Gasteiger partial charge is 0.416 e. The molecule has 0 unspecified atom stereocenters. The third kappa shape index (κ3) is 8.44. The van der Waals surface area contributed by atoms with Crippen LogP contribution < -0.4 is 0 Å². The first-order valence-electron chi connectivity index (χ1n) is 8.52.